The zero-order valence-electron chi connectivity index (χ0n) is 10.1. The fourth-order valence-corrected chi connectivity index (χ4v) is 2.16. The van der Waals surface area contributed by atoms with E-state index >= 15 is 0 Å². The van der Waals surface area contributed by atoms with Gasteiger partial charge in [0.05, 0.1) is 6.42 Å². The average molecular weight is 257 g/mol. The van der Waals surface area contributed by atoms with E-state index in [1.807, 2.05) is 0 Å². The first-order valence-electron chi connectivity index (χ1n) is 5.97. The van der Waals surface area contributed by atoms with Crippen LogP contribution in [0.3, 0.4) is 0 Å². The number of carboxylic acids is 1. The second-order valence-corrected chi connectivity index (χ2v) is 4.69. The molecule has 1 saturated carbocycles. The van der Waals surface area contributed by atoms with Crippen molar-refractivity contribution in [2.24, 2.45) is 17.4 Å². The third kappa shape index (κ3) is 4.33. The molecular formula is C11H19N3O4. The molecule has 0 radical (unpaired) electrons. The van der Waals surface area contributed by atoms with E-state index in [-0.39, 0.29) is 17.9 Å². The van der Waals surface area contributed by atoms with Crippen molar-refractivity contribution < 1.29 is 19.5 Å². The molecule has 0 aromatic rings. The number of hydrogen-bond acceptors (Lipinski definition) is 4. The van der Waals surface area contributed by atoms with Crippen LogP contribution in [0.2, 0.25) is 0 Å². The smallest absolute Gasteiger partial charge is 0.326 e. The number of rotatable bonds is 5. The summed E-state index contributed by atoms with van der Waals surface area (Å²) in [5.74, 6) is -2.66. The van der Waals surface area contributed by atoms with Crippen LogP contribution < -0.4 is 16.8 Å². The molecular weight excluding hydrogens is 238 g/mol. The van der Waals surface area contributed by atoms with Crippen molar-refractivity contribution in [3.05, 3.63) is 0 Å². The van der Waals surface area contributed by atoms with Crippen LogP contribution in [0.15, 0.2) is 0 Å². The van der Waals surface area contributed by atoms with Gasteiger partial charge in [0.15, 0.2) is 0 Å². The van der Waals surface area contributed by atoms with Crippen molar-refractivity contribution in [2.75, 3.05) is 0 Å². The van der Waals surface area contributed by atoms with Crippen LogP contribution >= 0.6 is 0 Å². The summed E-state index contributed by atoms with van der Waals surface area (Å²) in [5, 5.41) is 11.2. The Labute approximate surface area is 105 Å². The maximum Gasteiger partial charge on any atom is 0.326 e. The van der Waals surface area contributed by atoms with Crippen LogP contribution in [0, 0.1) is 5.92 Å². The second-order valence-electron chi connectivity index (χ2n) is 4.69. The topological polar surface area (TPSA) is 136 Å². The molecule has 0 aromatic carbocycles. The van der Waals surface area contributed by atoms with Crippen molar-refractivity contribution in [3.8, 4) is 0 Å². The lowest BCUT2D eigenvalue weighted by Gasteiger charge is -2.26. The molecule has 18 heavy (non-hydrogen) atoms. The van der Waals surface area contributed by atoms with E-state index in [2.05, 4.69) is 5.32 Å². The average Bonchev–Trinajstić information content (AvgIpc) is 2.27. The molecule has 6 N–H and O–H groups in total. The molecule has 7 heteroatoms. The highest BCUT2D eigenvalue weighted by atomic mass is 16.4. The molecule has 2 unspecified atom stereocenters. The Morgan fingerprint density at radius 3 is 2.50 bits per heavy atom. The number of nitrogens with one attached hydrogen (secondary N) is 1. The molecule has 102 valence electrons. The third-order valence-electron chi connectivity index (χ3n) is 3.11. The number of nitrogens with two attached hydrogens (primary N) is 2. The molecule has 7 nitrogen and oxygen atoms in total. The number of carbonyl (C=O) groups is 3. The maximum absolute atomic E-state index is 11.9. The summed E-state index contributed by atoms with van der Waals surface area (Å²) in [6.07, 6.45) is 2.58. The molecule has 2 amide bonds. The van der Waals surface area contributed by atoms with E-state index in [4.69, 9.17) is 16.6 Å². The van der Waals surface area contributed by atoms with Gasteiger partial charge in [-0.05, 0) is 19.3 Å². The minimum atomic E-state index is -1.26. The van der Waals surface area contributed by atoms with Crippen molar-refractivity contribution >= 4 is 17.8 Å². The number of hydrogen-bond donors (Lipinski definition) is 4. The van der Waals surface area contributed by atoms with E-state index in [1.165, 1.54) is 0 Å². The lowest BCUT2D eigenvalue weighted by Crippen LogP contribution is -2.47. The van der Waals surface area contributed by atoms with Gasteiger partial charge in [0.1, 0.15) is 6.04 Å². The van der Waals surface area contributed by atoms with Gasteiger partial charge in [-0.25, -0.2) is 4.79 Å². The normalized spacial score (nSPS) is 25.2. The number of carboxylic acid groups (broad SMARTS) is 1. The van der Waals surface area contributed by atoms with Crippen LogP contribution in [0.5, 0.6) is 0 Å². The molecule has 0 aromatic heterocycles. The Kier molecular flexibility index (Phi) is 5.08. The summed E-state index contributed by atoms with van der Waals surface area (Å²) < 4.78 is 0. The number of aliphatic carboxylic acids is 1. The lowest BCUT2D eigenvalue weighted by atomic mass is 9.85. The monoisotopic (exact) mass is 257 g/mol. The number of carbonyl (C=O) groups excluding carboxylic acids is 2. The van der Waals surface area contributed by atoms with E-state index in [0.717, 1.165) is 12.8 Å². The SMILES string of the molecule is NC(=O)C[C@@H](NC(=O)C1CCCC(N)C1)C(=O)O. The van der Waals surface area contributed by atoms with Crippen molar-refractivity contribution in [1.82, 2.24) is 5.32 Å². The van der Waals surface area contributed by atoms with Gasteiger partial charge in [-0.3, -0.25) is 9.59 Å². The summed E-state index contributed by atoms with van der Waals surface area (Å²) >= 11 is 0. The molecule has 0 aliphatic heterocycles. The summed E-state index contributed by atoms with van der Waals surface area (Å²) in [6, 6.07) is -1.28. The van der Waals surface area contributed by atoms with Gasteiger partial charge in [0, 0.05) is 12.0 Å². The summed E-state index contributed by atoms with van der Waals surface area (Å²) in [5.41, 5.74) is 10.7. The van der Waals surface area contributed by atoms with Crippen LogP contribution in [0.1, 0.15) is 32.1 Å². The highest BCUT2D eigenvalue weighted by Gasteiger charge is 2.29. The molecule has 0 heterocycles. The zero-order valence-corrected chi connectivity index (χ0v) is 10.1. The third-order valence-corrected chi connectivity index (χ3v) is 3.11. The molecule has 3 atom stereocenters. The second kappa shape index (κ2) is 6.34. The predicted molar refractivity (Wildman–Crippen MR) is 63.3 cm³/mol. The Hall–Kier alpha value is -1.63. The molecule has 1 rings (SSSR count). The van der Waals surface area contributed by atoms with Crippen LogP contribution in [0.4, 0.5) is 0 Å². The fourth-order valence-electron chi connectivity index (χ4n) is 2.16. The summed E-state index contributed by atoms with van der Waals surface area (Å²) in [7, 11) is 0. The zero-order chi connectivity index (χ0) is 13.7. The standard InChI is InChI=1S/C11H19N3O4/c12-7-3-1-2-6(4-7)10(16)14-8(11(17)18)5-9(13)15/h6-8H,1-5,12H2,(H2,13,15)(H,14,16)(H,17,18)/t6?,7?,8-/m1/s1. The largest absolute Gasteiger partial charge is 0.480 e. The van der Waals surface area contributed by atoms with Gasteiger partial charge in [-0.15, -0.1) is 0 Å². The molecule has 1 aliphatic rings. The first kappa shape index (κ1) is 14.4. The highest BCUT2D eigenvalue weighted by Crippen LogP contribution is 2.23. The van der Waals surface area contributed by atoms with Crippen LogP contribution in [0.25, 0.3) is 0 Å². The Morgan fingerprint density at radius 1 is 1.33 bits per heavy atom. The number of amides is 2. The van der Waals surface area contributed by atoms with Crippen molar-refractivity contribution in [3.63, 3.8) is 0 Å². The molecule has 0 saturated heterocycles. The first-order chi connectivity index (χ1) is 8.40. The van der Waals surface area contributed by atoms with E-state index in [9.17, 15) is 14.4 Å². The lowest BCUT2D eigenvalue weighted by molar-refractivity contribution is -0.144. The van der Waals surface area contributed by atoms with E-state index in [1.54, 1.807) is 0 Å². The van der Waals surface area contributed by atoms with Gasteiger partial charge in [-0.2, -0.15) is 0 Å². The highest BCUT2D eigenvalue weighted by molar-refractivity contribution is 5.88. The van der Waals surface area contributed by atoms with Gasteiger partial charge in [0.2, 0.25) is 11.8 Å². The van der Waals surface area contributed by atoms with Gasteiger partial charge in [-0.1, -0.05) is 6.42 Å². The van der Waals surface area contributed by atoms with Gasteiger partial charge < -0.3 is 21.9 Å². The van der Waals surface area contributed by atoms with Gasteiger partial charge in [0.25, 0.3) is 0 Å². The minimum absolute atomic E-state index is 0.0195. The van der Waals surface area contributed by atoms with Crippen LogP contribution in [-0.2, 0) is 14.4 Å². The Bertz CT molecular complexity index is 345. The Balaban J connectivity index is 2.54. The minimum Gasteiger partial charge on any atom is -0.480 e. The van der Waals surface area contributed by atoms with Gasteiger partial charge >= 0.3 is 5.97 Å². The maximum atomic E-state index is 11.9. The fraction of sp³-hybridized carbons (Fsp3) is 0.727. The van der Waals surface area contributed by atoms with E-state index < -0.39 is 24.3 Å². The number of primary amides is 1. The van der Waals surface area contributed by atoms with E-state index in [0.29, 0.717) is 12.8 Å². The quantitative estimate of drug-likeness (QED) is 0.498. The molecule has 0 spiro atoms. The summed E-state index contributed by atoms with van der Waals surface area (Å²) in [4.78, 5) is 33.4. The van der Waals surface area contributed by atoms with Crippen LogP contribution in [-0.4, -0.2) is 35.0 Å². The molecule has 1 fully saturated rings. The summed E-state index contributed by atoms with van der Waals surface area (Å²) in [6.45, 7) is 0. The molecule has 1 aliphatic carbocycles. The Morgan fingerprint density at radius 2 is 2.00 bits per heavy atom. The first-order valence-corrected chi connectivity index (χ1v) is 5.97. The van der Waals surface area contributed by atoms with Crippen molar-refractivity contribution in [2.45, 2.75) is 44.2 Å². The van der Waals surface area contributed by atoms with Crippen molar-refractivity contribution in [1.29, 1.82) is 0 Å². The molecule has 0 bridgehead atoms. The predicted octanol–water partition coefficient (Wildman–Crippen LogP) is -1.05.